The van der Waals surface area contributed by atoms with E-state index in [1.165, 1.54) is 12.1 Å². The van der Waals surface area contributed by atoms with E-state index in [1.54, 1.807) is 6.07 Å². The number of benzene rings is 2. The lowest BCUT2D eigenvalue weighted by molar-refractivity contribution is -0.000540. The van der Waals surface area contributed by atoms with Gasteiger partial charge in [0.15, 0.2) is 0 Å². The summed E-state index contributed by atoms with van der Waals surface area (Å²) in [6.07, 6.45) is -0.193. The molecule has 144 valence electrons. The van der Waals surface area contributed by atoms with Gasteiger partial charge >= 0.3 is 0 Å². The number of morpholine rings is 1. The van der Waals surface area contributed by atoms with Crippen LogP contribution in [0.4, 0.5) is 13.2 Å². The van der Waals surface area contributed by atoms with Crippen LogP contribution in [0.15, 0.2) is 36.4 Å². The van der Waals surface area contributed by atoms with E-state index in [1.807, 2.05) is 0 Å². The minimum atomic E-state index is -0.675. The maximum atomic E-state index is 14.4. The molecule has 1 unspecified atom stereocenters. The van der Waals surface area contributed by atoms with Crippen molar-refractivity contribution < 1.29 is 22.6 Å². The van der Waals surface area contributed by atoms with E-state index in [0.717, 1.165) is 29.4 Å². The zero-order valence-corrected chi connectivity index (χ0v) is 14.9. The molecule has 0 saturated carbocycles. The number of hydrogen-bond acceptors (Lipinski definition) is 4. The summed E-state index contributed by atoms with van der Waals surface area (Å²) in [7, 11) is 0. The highest BCUT2D eigenvalue weighted by atomic mass is 35.5. The number of rotatable bonds is 4. The van der Waals surface area contributed by atoms with Crippen molar-refractivity contribution in [1.82, 2.24) is 15.1 Å². The Kier molecular flexibility index (Phi) is 5.88. The predicted octanol–water partition coefficient (Wildman–Crippen LogP) is 3.23. The van der Waals surface area contributed by atoms with Crippen LogP contribution < -0.4 is 10.1 Å². The lowest BCUT2D eigenvalue weighted by Gasteiger charge is -2.23. The van der Waals surface area contributed by atoms with Crippen molar-refractivity contribution >= 4 is 23.3 Å². The smallest absolute Gasteiger partial charge is 0.244 e. The van der Waals surface area contributed by atoms with Crippen LogP contribution in [0.5, 0.6) is 5.88 Å². The third kappa shape index (κ3) is 3.87. The van der Waals surface area contributed by atoms with Gasteiger partial charge in [-0.2, -0.15) is 0 Å². The van der Waals surface area contributed by atoms with Crippen LogP contribution in [0, 0.1) is 17.5 Å². The van der Waals surface area contributed by atoms with Crippen molar-refractivity contribution in [3.05, 3.63) is 53.8 Å². The van der Waals surface area contributed by atoms with Crippen LogP contribution >= 0.6 is 12.4 Å². The molecule has 1 fully saturated rings. The van der Waals surface area contributed by atoms with E-state index in [-0.39, 0.29) is 47.6 Å². The Morgan fingerprint density at radius 3 is 2.81 bits per heavy atom. The molecule has 1 atom stereocenters. The van der Waals surface area contributed by atoms with Gasteiger partial charge in [-0.15, -0.1) is 17.5 Å². The summed E-state index contributed by atoms with van der Waals surface area (Å²) in [5.41, 5.74) is 0.165. The van der Waals surface area contributed by atoms with Gasteiger partial charge in [0.25, 0.3) is 0 Å². The fourth-order valence-corrected chi connectivity index (χ4v) is 2.93. The van der Waals surface area contributed by atoms with E-state index in [4.69, 9.17) is 9.47 Å². The van der Waals surface area contributed by atoms with Crippen LogP contribution in [0.2, 0.25) is 0 Å². The van der Waals surface area contributed by atoms with Gasteiger partial charge in [-0.05, 0) is 24.3 Å². The van der Waals surface area contributed by atoms with Crippen molar-refractivity contribution in [1.29, 1.82) is 0 Å². The Morgan fingerprint density at radius 1 is 1.19 bits per heavy atom. The zero-order valence-electron chi connectivity index (χ0n) is 14.1. The van der Waals surface area contributed by atoms with Gasteiger partial charge < -0.3 is 14.8 Å². The minimum Gasteiger partial charge on any atom is -0.473 e. The molecule has 9 heteroatoms. The molecular formula is C18H17ClF3N3O2. The molecule has 0 aliphatic carbocycles. The van der Waals surface area contributed by atoms with Gasteiger partial charge in [0, 0.05) is 19.2 Å². The summed E-state index contributed by atoms with van der Waals surface area (Å²) in [5.74, 6) is -1.84. The summed E-state index contributed by atoms with van der Waals surface area (Å²) in [6.45, 7) is 2.10. The molecule has 2 aromatic carbocycles. The molecule has 0 bridgehead atoms. The van der Waals surface area contributed by atoms with Crippen LogP contribution in [0.1, 0.15) is 0 Å². The van der Waals surface area contributed by atoms with Crippen molar-refractivity contribution in [3.8, 4) is 11.6 Å². The summed E-state index contributed by atoms with van der Waals surface area (Å²) >= 11 is 0. The van der Waals surface area contributed by atoms with Crippen molar-refractivity contribution in [2.24, 2.45) is 0 Å². The second-order valence-corrected chi connectivity index (χ2v) is 5.95. The summed E-state index contributed by atoms with van der Waals surface area (Å²) in [5, 5.41) is 7.46. The highest BCUT2D eigenvalue weighted by Crippen LogP contribution is 2.31. The maximum absolute atomic E-state index is 14.4. The molecular weight excluding hydrogens is 383 g/mol. The van der Waals surface area contributed by atoms with Crippen LogP contribution in [-0.4, -0.2) is 42.2 Å². The number of halogens is 4. The van der Waals surface area contributed by atoms with Gasteiger partial charge in [0.2, 0.25) is 5.88 Å². The van der Waals surface area contributed by atoms with E-state index < -0.39 is 17.5 Å². The standard InChI is InChI=1S/C18H16F3N3O2.ClH/c19-11-4-5-13(20)16(8-11)24-15-3-1-2-14(21)17(15)18(23-24)26-10-12-9-22-6-7-25-12;/h1-5,8,12,22H,6-7,9-10H2;1H. The van der Waals surface area contributed by atoms with Crippen molar-refractivity contribution in [2.45, 2.75) is 6.10 Å². The highest BCUT2D eigenvalue weighted by Gasteiger charge is 2.21. The molecule has 0 radical (unpaired) electrons. The lowest BCUT2D eigenvalue weighted by Crippen LogP contribution is -2.41. The van der Waals surface area contributed by atoms with Gasteiger partial charge in [-0.3, -0.25) is 0 Å². The first kappa shape index (κ1) is 19.5. The molecule has 1 aliphatic rings. The molecule has 27 heavy (non-hydrogen) atoms. The number of hydrogen-bond donors (Lipinski definition) is 1. The first-order valence-corrected chi connectivity index (χ1v) is 8.21. The molecule has 1 N–H and O–H groups in total. The number of fused-ring (bicyclic) bond motifs is 1. The monoisotopic (exact) mass is 399 g/mol. The topological polar surface area (TPSA) is 48.3 Å². The van der Waals surface area contributed by atoms with Gasteiger partial charge in [-0.1, -0.05) is 6.07 Å². The highest BCUT2D eigenvalue weighted by molar-refractivity contribution is 5.86. The van der Waals surface area contributed by atoms with Crippen molar-refractivity contribution in [2.75, 3.05) is 26.3 Å². The Labute approximate surface area is 159 Å². The molecule has 3 aromatic rings. The molecule has 2 heterocycles. The number of aromatic nitrogens is 2. The molecule has 1 aliphatic heterocycles. The first-order valence-electron chi connectivity index (χ1n) is 8.21. The average Bonchev–Trinajstić information content (AvgIpc) is 3.03. The third-order valence-electron chi connectivity index (χ3n) is 4.17. The van der Waals surface area contributed by atoms with Gasteiger partial charge in [0.05, 0.1) is 17.5 Å². The van der Waals surface area contributed by atoms with Crippen LogP contribution in [-0.2, 0) is 4.74 Å². The first-order chi connectivity index (χ1) is 12.6. The van der Waals surface area contributed by atoms with Crippen LogP contribution in [0.3, 0.4) is 0 Å². The van der Waals surface area contributed by atoms with E-state index in [9.17, 15) is 13.2 Å². The van der Waals surface area contributed by atoms with Crippen LogP contribution in [0.25, 0.3) is 16.6 Å². The zero-order chi connectivity index (χ0) is 18.1. The molecule has 4 rings (SSSR count). The Hall–Kier alpha value is -2.29. The summed E-state index contributed by atoms with van der Waals surface area (Å²) < 4.78 is 54.5. The largest absolute Gasteiger partial charge is 0.473 e. The molecule has 0 spiro atoms. The molecule has 1 saturated heterocycles. The number of nitrogens with one attached hydrogen (secondary N) is 1. The van der Waals surface area contributed by atoms with Gasteiger partial charge in [-0.25, -0.2) is 17.9 Å². The second-order valence-electron chi connectivity index (χ2n) is 5.95. The quantitative estimate of drug-likeness (QED) is 0.731. The fraction of sp³-hybridized carbons (Fsp3) is 0.278. The van der Waals surface area contributed by atoms with E-state index >= 15 is 0 Å². The molecule has 5 nitrogen and oxygen atoms in total. The van der Waals surface area contributed by atoms with Gasteiger partial charge in [0.1, 0.15) is 35.8 Å². The Morgan fingerprint density at radius 2 is 2.04 bits per heavy atom. The average molecular weight is 400 g/mol. The normalized spacial score (nSPS) is 16.9. The maximum Gasteiger partial charge on any atom is 0.244 e. The molecule has 0 amide bonds. The fourth-order valence-electron chi connectivity index (χ4n) is 2.93. The number of nitrogens with zero attached hydrogens (tertiary/aromatic N) is 2. The number of ether oxygens (including phenoxy) is 2. The minimum absolute atomic E-state index is 0. The SMILES string of the molecule is Cl.Fc1ccc(F)c(-n2nc(OCC3CNCCO3)c3c(F)cccc32)c1. The van der Waals surface area contributed by atoms with Crippen molar-refractivity contribution in [3.63, 3.8) is 0 Å². The van der Waals surface area contributed by atoms with E-state index in [2.05, 4.69) is 10.4 Å². The third-order valence-corrected chi connectivity index (χ3v) is 4.17. The summed E-state index contributed by atoms with van der Waals surface area (Å²) in [6, 6.07) is 7.33. The predicted molar refractivity (Wildman–Crippen MR) is 96.3 cm³/mol. The Balaban J connectivity index is 0.00000210. The summed E-state index contributed by atoms with van der Waals surface area (Å²) in [4.78, 5) is 0. The lowest BCUT2D eigenvalue weighted by atomic mass is 10.2. The van der Waals surface area contributed by atoms with E-state index in [0.29, 0.717) is 13.2 Å². The Bertz CT molecular complexity index is 945. The second kappa shape index (κ2) is 8.16. The molecule has 1 aromatic heterocycles.